The zero-order chi connectivity index (χ0) is 16.4. The molecule has 1 aromatic carbocycles. The maximum Gasteiger partial charge on any atom is 0.192 e. The second kappa shape index (κ2) is 10.0. The first-order chi connectivity index (χ1) is 10.5. The van der Waals surface area contributed by atoms with Gasteiger partial charge in [0.15, 0.2) is 5.79 Å². The number of benzene rings is 1. The lowest BCUT2D eigenvalue weighted by Crippen LogP contribution is -2.35. The Morgan fingerprint density at radius 1 is 0.909 bits per heavy atom. The Morgan fingerprint density at radius 2 is 1.50 bits per heavy atom. The largest absolute Gasteiger partial charge is 0.362 e. The molecular formula is C20H34O2. The van der Waals surface area contributed by atoms with Gasteiger partial charge in [-0.25, -0.2) is 0 Å². The van der Waals surface area contributed by atoms with Crippen LogP contribution in [0, 0.1) is 11.8 Å². The van der Waals surface area contributed by atoms with E-state index in [0.29, 0.717) is 11.5 Å². The van der Waals surface area contributed by atoms with Crippen molar-refractivity contribution in [2.45, 2.75) is 77.9 Å². The van der Waals surface area contributed by atoms with Crippen LogP contribution in [0.4, 0.5) is 0 Å². The number of aliphatic hydroxyl groups is 2. The third-order valence-electron chi connectivity index (χ3n) is 4.43. The Balaban J connectivity index is 2.59. The molecule has 0 aliphatic carbocycles. The van der Waals surface area contributed by atoms with Gasteiger partial charge in [0.25, 0.3) is 0 Å². The van der Waals surface area contributed by atoms with Crippen molar-refractivity contribution >= 4 is 0 Å². The van der Waals surface area contributed by atoms with Gasteiger partial charge in [-0.2, -0.15) is 0 Å². The molecule has 0 bridgehead atoms. The SMILES string of the molecule is CCCCCCCCC(CC(C)C)C(O)(O)c1ccccc1. The standard InChI is InChI=1S/C20H34O2/c1-4-5-6-7-8-10-15-19(16-17(2)3)20(21,22)18-13-11-9-12-14-18/h9,11-14,17,19,21-22H,4-8,10,15-16H2,1-3H3. The van der Waals surface area contributed by atoms with Gasteiger partial charge in [-0.3, -0.25) is 0 Å². The summed E-state index contributed by atoms with van der Waals surface area (Å²) in [5, 5.41) is 21.4. The van der Waals surface area contributed by atoms with Gasteiger partial charge in [-0.15, -0.1) is 0 Å². The van der Waals surface area contributed by atoms with Crippen molar-refractivity contribution in [1.29, 1.82) is 0 Å². The van der Waals surface area contributed by atoms with Gasteiger partial charge >= 0.3 is 0 Å². The maximum atomic E-state index is 10.7. The Labute approximate surface area is 136 Å². The van der Waals surface area contributed by atoms with Crippen LogP contribution >= 0.6 is 0 Å². The summed E-state index contributed by atoms with van der Waals surface area (Å²) in [5.74, 6) is -1.34. The first-order valence-corrected chi connectivity index (χ1v) is 8.98. The minimum atomic E-state index is -1.71. The van der Waals surface area contributed by atoms with Gasteiger partial charge < -0.3 is 10.2 Å². The molecule has 126 valence electrons. The molecule has 0 aliphatic heterocycles. The summed E-state index contributed by atoms with van der Waals surface area (Å²) >= 11 is 0. The zero-order valence-corrected chi connectivity index (χ0v) is 14.6. The molecule has 22 heavy (non-hydrogen) atoms. The summed E-state index contributed by atoms with van der Waals surface area (Å²) in [7, 11) is 0. The average molecular weight is 306 g/mol. The Hall–Kier alpha value is -0.860. The average Bonchev–Trinajstić information content (AvgIpc) is 2.50. The minimum Gasteiger partial charge on any atom is -0.362 e. The molecule has 0 saturated carbocycles. The molecule has 1 aromatic rings. The van der Waals surface area contributed by atoms with Crippen LogP contribution in [-0.4, -0.2) is 10.2 Å². The molecule has 0 spiro atoms. The molecule has 0 amide bonds. The van der Waals surface area contributed by atoms with E-state index in [2.05, 4.69) is 20.8 Å². The molecule has 2 nitrogen and oxygen atoms in total. The highest BCUT2D eigenvalue weighted by Gasteiger charge is 2.35. The summed E-state index contributed by atoms with van der Waals surface area (Å²) in [5.41, 5.74) is 0.617. The van der Waals surface area contributed by atoms with Crippen LogP contribution in [0.2, 0.25) is 0 Å². The summed E-state index contributed by atoms with van der Waals surface area (Å²) in [6.07, 6.45) is 9.13. The molecule has 0 aromatic heterocycles. The maximum absolute atomic E-state index is 10.7. The molecule has 0 aliphatic rings. The van der Waals surface area contributed by atoms with Gasteiger partial charge in [0.05, 0.1) is 0 Å². The van der Waals surface area contributed by atoms with Gasteiger partial charge in [0.1, 0.15) is 0 Å². The van der Waals surface area contributed by atoms with Crippen molar-refractivity contribution < 1.29 is 10.2 Å². The van der Waals surface area contributed by atoms with Crippen LogP contribution in [0.3, 0.4) is 0 Å². The summed E-state index contributed by atoms with van der Waals surface area (Å²) in [6, 6.07) is 9.27. The van der Waals surface area contributed by atoms with Crippen molar-refractivity contribution in [3.8, 4) is 0 Å². The number of unbranched alkanes of at least 4 members (excludes halogenated alkanes) is 5. The predicted octanol–water partition coefficient (Wildman–Crippen LogP) is 5.24. The third kappa shape index (κ3) is 6.50. The quantitative estimate of drug-likeness (QED) is 0.434. The van der Waals surface area contributed by atoms with Crippen LogP contribution in [0.25, 0.3) is 0 Å². The minimum absolute atomic E-state index is 0.0962. The molecule has 0 saturated heterocycles. The molecule has 2 N–H and O–H groups in total. The van der Waals surface area contributed by atoms with Crippen LogP contribution in [-0.2, 0) is 5.79 Å². The fourth-order valence-electron chi connectivity index (χ4n) is 3.14. The molecule has 0 fully saturated rings. The molecule has 1 unspecified atom stereocenters. The normalized spacial score (nSPS) is 13.5. The van der Waals surface area contributed by atoms with E-state index in [1.54, 1.807) is 0 Å². The number of rotatable bonds is 11. The van der Waals surface area contributed by atoms with Crippen molar-refractivity contribution in [2.24, 2.45) is 11.8 Å². The first-order valence-electron chi connectivity index (χ1n) is 8.98. The van der Waals surface area contributed by atoms with E-state index >= 15 is 0 Å². The van der Waals surface area contributed by atoms with E-state index < -0.39 is 5.79 Å². The van der Waals surface area contributed by atoms with Crippen molar-refractivity contribution in [1.82, 2.24) is 0 Å². The van der Waals surface area contributed by atoms with E-state index in [0.717, 1.165) is 19.3 Å². The molecule has 1 atom stereocenters. The lowest BCUT2D eigenvalue weighted by atomic mass is 9.82. The van der Waals surface area contributed by atoms with E-state index in [9.17, 15) is 10.2 Å². The Morgan fingerprint density at radius 3 is 2.09 bits per heavy atom. The van der Waals surface area contributed by atoms with Crippen molar-refractivity contribution in [3.05, 3.63) is 35.9 Å². The topological polar surface area (TPSA) is 40.5 Å². The summed E-state index contributed by atoms with van der Waals surface area (Å²) < 4.78 is 0. The van der Waals surface area contributed by atoms with Crippen LogP contribution < -0.4 is 0 Å². The highest BCUT2D eigenvalue weighted by atomic mass is 16.5. The highest BCUT2D eigenvalue weighted by Crippen LogP contribution is 2.35. The zero-order valence-electron chi connectivity index (χ0n) is 14.6. The van der Waals surface area contributed by atoms with E-state index in [-0.39, 0.29) is 5.92 Å². The first kappa shape index (κ1) is 19.2. The Kier molecular flexibility index (Phi) is 8.74. The molecule has 1 rings (SSSR count). The third-order valence-corrected chi connectivity index (χ3v) is 4.43. The van der Waals surface area contributed by atoms with E-state index in [1.807, 2.05) is 30.3 Å². The molecule has 0 heterocycles. The van der Waals surface area contributed by atoms with Crippen LogP contribution in [0.15, 0.2) is 30.3 Å². The second-order valence-electron chi connectivity index (χ2n) is 6.98. The summed E-state index contributed by atoms with van der Waals surface area (Å²) in [4.78, 5) is 0. The van der Waals surface area contributed by atoms with E-state index in [1.165, 1.54) is 32.1 Å². The Bertz CT molecular complexity index is 384. The molecule has 2 heteroatoms. The van der Waals surface area contributed by atoms with Gasteiger partial charge in [0, 0.05) is 11.5 Å². The monoisotopic (exact) mass is 306 g/mol. The fraction of sp³-hybridized carbons (Fsp3) is 0.700. The van der Waals surface area contributed by atoms with Crippen LogP contribution in [0.1, 0.15) is 77.7 Å². The van der Waals surface area contributed by atoms with Gasteiger partial charge in [-0.1, -0.05) is 89.6 Å². The second-order valence-corrected chi connectivity index (χ2v) is 6.98. The number of hydrogen-bond acceptors (Lipinski definition) is 2. The lowest BCUT2D eigenvalue weighted by molar-refractivity contribution is -0.215. The van der Waals surface area contributed by atoms with E-state index in [4.69, 9.17) is 0 Å². The molecule has 0 radical (unpaired) electrons. The van der Waals surface area contributed by atoms with Gasteiger partial charge in [0.2, 0.25) is 0 Å². The number of hydrogen-bond donors (Lipinski definition) is 2. The lowest BCUT2D eigenvalue weighted by Gasteiger charge is -2.33. The van der Waals surface area contributed by atoms with Crippen molar-refractivity contribution in [3.63, 3.8) is 0 Å². The van der Waals surface area contributed by atoms with Gasteiger partial charge in [-0.05, 0) is 18.8 Å². The predicted molar refractivity (Wildman–Crippen MR) is 93.5 cm³/mol. The fourth-order valence-corrected chi connectivity index (χ4v) is 3.14. The molecular weight excluding hydrogens is 272 g/mol. The highest BCUT2D eigenvalue weighted by molar-refractivity contribution is 5.20. The van der Waals surface area contributed by atoms with Crippen LogP contribution in [0.5, 0.6) is 0 Å². The smallest absolute Gasteiger partial charge is 0.192 e. The summed E-state index contributed by atoms with van der Waals surface area (Å²) in [6.45, 7) is 6.52. The van der Waals surface area contributed by atoms with Crippen molar-refractivity contribution in [2.75, 3.05) is 0 Å².